The number of aromatic nitrogens is 3. The lowest BCUT2D eigenvalue weighted by molar-refractivity contribution is 0.506. The van der Waals surface area contributed by atoms with E-state index in [2.05, 4.69) is 15.5 Å². The second-order valence-corrected chi connectivity index (χ2v) is 4.08. The molecule has 1 aliphatic rings. The fourth-order valence-electron chi connectivity index (χ4n) is 1.97. The van der Waals surface area contributed by atoms with Crippen LogP contribution in [0.4, 0.5) is 0 Å². The Morgan fingerprint density at radius 1 is 1.36 bits per heavy atom. The maximum atomic E-state index is 4.13. The molecule has 4 heteroatoms. The summed E-state index contributed by atoms with van der Waals surface area (Å²) in [4.78, 5) is 0. The van der Waals surface area contributed by atoms with Gasteiger partial charge in [0.1, 0.15) is 11.6 Å². The molecule has 0 aromatic carbocycles. The Kier molecular flexibility index (Phi) is 2.82. The third-order valence-electron chi connectivity index (χ3n) is 3.09. The van der Waals surface area contributed by atoms with Gasteiger partial charge in [0.2, 0.25) is 0 Å². The van der Waals surface area contributed by atoms with Crippen LogP contribution in [0, 0.1) is 6.92 Å². The Labute approximate surface area is 84.7 Å². The first-order valence-corrected chi connectivity index (χ1v) is 5.35. The second-order valence-electron chi connectivity index (χ2n) is 4.08. The summed E-state index contributed by atoms with van der Waals surface area (Å²) in [6.07, 6.45) is 5.37. The molecule has 2 rings (SSSR count). The van der Waals surface area contributed by atoms with Gasteiger partial charge in [0.25, 0.3) is 0 Å². The van der Waals surface area contributed by atoms with Crippen LogP contribution in [0.25, 0.3) is 0 Å². The molecule has 4 nitrogen and oxygen atoms in total. The SMILES string of the molecule is Cc1nnc(CNC2CCCC2)n1C. The minimum absolute atomic E-state index is 0.701. The Bertz CT molecular complexity index is 299. The van der Waals surface area contributed by atoms with Crippen LogP contribution < -0.4 is 5.32 Å². The highest BCUT2D eigenvalue weighted by atomic mass is 15.3. The third kappa shape index (κ3) is 1.95. The molecule has 0 spiro atoms. The quantitative estimate of drug-likeness (QED) is 0.785. The molecular weight excluding hydrogens is 176 g/mol. The molecule has 1 N–H and O–H groups in total. The van der Waals surface area contributed by atoms with E-state index in [1.807, 2.05) is 18.5 Å². The van der Waals surface area contributed by atoms with E-state index < -0.39 is 0 Å². The van der Waals surface area contributed by atoms with Crippen molar-refractivity contribution in [2.24, 2.45) is 7.05 Å². The molecule has 78 valence electrons. The molecule has 0 unspecified atom stereocenters. The fraction of sp³-hybridized carbons (Fsp3) is 0.800. The second kappa shape index (κ2) is 4.09. The van der Waals surface area contributed by atoms with Gasteiger partial charge < -0.3 is 9.88 Å². The Morgan fingerprint density at radius 2 is 2.07 bits per heavy atom. The number of hydrogen-bond acceptors (Lipinski definition) is 3. The van der Waals surface area contributed by atoms with Gasteiger partial charge in [-0.05, 0) is 19.8 Å². The highest BCUT2D eigenvalue weighted by Crippen LogP contribution is 2.17. The number of nitrogens with one attached hydrogen (secondary N) is 1. The topological polar surface area (TPSA) is 42.7 Å². The average Bonchev–Trinajstić information content (AvgIpc) is 2.77. The molecule has 1 saturated carbocycles. The molecule has 1 fully saturated rings. The fourth-order valence-corrected chi connectivity index (χ4v) is 1.97. The summed E-state index contributed by atoms with van der Waals surface area (Å²) in [5.74, 6) is 2.02. The molecular formula is C10H18N4. The lowest BCUT2D eigenvalue weighted by Crippen LogP contribution is -2.26. The summed E-state index contributed by atoms with van der Waals surface area (Å²) < 4.78 is 2.04. The zero-order valence-electron chi connectivity index (χ0n) is 8.95. The predicted octanol–water partition coefficient (Wildman–Crippen LogP) is 1.16. The van der Waals surface area contributed by atoms with E-state index in [9.17, 15) is 0 Å². The highest BCUT2D eigenvalue weighted by molar-refractivity contribution is 4.92. The molecule has 1 aromatic rings. The largest absolute Gasteiger partial charge is 0.317 e. The van der Waals surface area contributed by atoms with E-state index in [-0.39, 0.29) is 0 Å². The summed E-state index contributed by atoms with van der Waals surface area (Å²) in [7, 11) is 2.01. The first-order chi connectivity index (χ1) is 6.77. The molecule has 1 heterocycles. The molecule has 1 aromatic heterocycles. The van der Waals surface area contributed by atoms with Crippen molar-refractivity contribution >= 4 is 0 Å². The van der Waals surface area contributed by atoms with Crippen molar-refractivity contribution in [2.45, 2.75) is 45.2 Å². The maximum absolute atomic E-state index is 4.13. The molecule has 1 aliphatic carbocycles. The van der Waals surface area contributed by atoms with Crippen molar-refractivity contribution < 1.29 is 0 Å². The van der Waals surface area contributed by atoms with Crippen LogP contribution in [-0.2, 0) is 13.6 Å². The van der Waals surface area contributed by atoms with Crippen LogP contribution in [-0.4, -0.2) is 20.8 Å². The minimum Gasteiger partial charge on any atom is -0.317 e. The van der Waals surface area contributed by atoms with Crippen molar-refractivity contribution in [3.8, 4) is 0 Å². The molecule has 0 bridgehead atoms. The van der Waals surface area contributed by atoms with Crippen molar-refractivity contribution in [3.05, 3.63) is 11.6 Å². The summed E-state index contributed by atoms with van der Waals surface area (Å²) in [6.45, 7) is 2.83. The van der Waals surface area contributed by atoms with Crippen LogP contribution >= 0.6 is 0 Å². The monoisotopic (exact) mass is 194 g/mol. The van der Waals surface area contributed by atoms with Crippen LogP contribution in [0.1, 0.15) is 37.3 Å². The van der Waals surface area contributed by atoms with Crippen LogP contribution in [0.3, 0.4) is 0 Å². The van der Waals surface area contributed by atoms with Gasteiger partial charge >= 0.3 is 0 Å². The van der Waals surface area contributed by atoms with Gasteiger partial charge in [-0.2, -0.15) is 0 Å². The molecule has 0 aliphatic heterocycles. The highest BCUT2D eigenvalue weighted by Gasteiger charge is 2.15. The van der Waals surface area contributed by atoms with E-state index >= 15 is 0 Å². The lowest BCUT2D eigenvalue weighted by atomic mass is 10.2. The van der Waals surface area contributed by atoms with Crippen LogP contribution in [0.5, 0.6) is 0 Å². The number of nitrogens with zero attached hydrogens (tertiary/aromatic N) is 3. The average molecular weight is 194 g/mol. The van der Waals surface area contributed by atoms with Gasteiger partial charge in [-0.15, -0.1) is 10.2 Å². The van der Waals surface area contributed by atoms with Gasteiger partial charge in [0.15, 0.2) is 0 Å². The smallest absolute Gasteiger partial charge is 0.146 e. The molecule has 0 amide bonds. The normalized spacial score (nSPS) is 17.9. The molecule has 14 heavy (non-hydrogen) atoms. The van der Waals surface area contributed by atoms with Gasteiger partial charge in [-0.25, -0.2) is 0 Å². The zero-order chi connectivity index (χ0) is 9.97. The zero-order valence-corrected chi connectivity index (χ0v) is 8.95. The van der Waals surface area contributed by atoms with Crippen molar-refractivity contribution in [3.63, 3.8) is 0 Å². The van der Waals surface area contributed by atoms with Gasteiger partial charge in [-0.1, -0.05) is 12.8 Å². The van der Waals surface area contributed by atoms with E-state index in [0.29, 0.717) is 6.04 Å². The maximum Gasteiger partial charge on any atom is 0.146 e. The number of rotatable bonds is 3. The summed E-state index contributed by atoms with van der Waals surface area (Å²) in [5.41, 5.74) is 0. The van der Waals surface area contributed by atoms with Gasteiger partial charge in [0.05, 0.1) is 6.54 Å². The summed E-state index contributed by atoms with van der Waals surface area (Å²) in [5, 5.41) is 11.7. The van der Waals surface area contributed by atoms with Crippen molar-refractivity contribution in [2.75, 3.05) is 0 Å². The van der Waals surface area contributed by atoms with E-state index in [4.69, 9.17) is 0 Å². The first kappa shape index (κ1) is 9.65. The van der Waals surface area contributed by atoms with Crippen LogP contribution in [0.15, 0.2) is 0 Å². The summed E-state index contributed by atoms with van der Waals surface area (Å²) in [6, 6.07) is 0.701. The Hall–Kier alpha value is -0.900. The lowest BCUT2D eigenvalue weighted by Gasteiger charge is -2.10. The Balaban J connectivity index is 1.88. The first-order valence-electron chi connectivity index (χ1n) is 5.35. The number of aryl methyl sites for hydroxylation is 1. The van der Waals surface area contributed by atoms with Gasteiger partial charge in [0, 0.05) is 13.1 Å². The minimum atomic E-state index is 0.701. The van der Waals surface area contributed by atoms with Gasteiger partial charge in [-0.3, -0.25) is 0 Å². The van der Waals surface area contributed by atoms with Crippen molar-refractivity contribution in [1.82, 2.24) is 20.1 Å². The van der Waals surface area contributed by atoms with E-state index in [0.717, 1.165) is 18.2 Å². The number of hydrogen-bond donors (Lipinski definition) is 1. The van der Waals surface area contributed by atoms with E-state index in [1.54, 1.807) is 0 Å². The molecule has 0 atom stereocenters. The molecule has 0 saturated heterocycles. The standard InChI is InChI=1S/C10H18N4/c1-8-12-13-10(14(8)2)7-11-9-5-3-4-6-9/h9,11H,3-7H2,1-2H3. The van der Waals surface area contributed by atoms with E-state index in [1.165, 1.54) is 25.7 Å². The van der Waals surface area contributed by atoms with Crippen molar-refractivity contribution in [1.29, 1.82) is 0 Å². The molecule has 0 radical (unpaired) electrons. The third-order valence-corrected chi connectivity index (χ3v) is 3.09. The Morgan fingerprint density at radius 3 is 2.64 bits per heavy atom. The summed E-state index contributed by atoms with van der Waals surface area (Å²) >= 11 is 0. The van der Waals surface area contributed by atoms with Crippen LogP contribution in [0.2, 0.25) is 0 Å². The predicted molar refractivity (Wildman–Crippen MR) is 54.8 cm³/mol.